The molecule has 1 N–H and O–H groups in total. The molecule has 1 saturated heterocycles. The average molecular weight is 409 g/mol. The van der Waals surface area contributed by atoms with E-state index < -0.39 is 0 Å². The molecule has 0 saturated carbocycles. The molecule has 2 aromatic heterocycles. The molecule has 0 bridgehead atoms. The third-order valence-electron chi connectivity index (χ3n) is 6.16. The molecule has 3 aromatic rings. The summed E-state index contributed by atoms with van der Waals surface area (Å²) >= 11 is 1.86. The Kier molecular flexibility index (Phi) is 5.48. The fourth-order valence-electron chi connectivity index (χ4n) is 4.55. The number of morpholine rings is 1. The van der Waals surface area contributed by atoms with E-state index in [9.17, 15) is 0 Å². The van der Waals surface area contributed by atoms with Crippen LogP contribution < -0.4 is 5.32 Å². The van der Waals surface area contributed by atoms with Crippen molar-refractivity contribution in [1.82, 2.24) is 14.9 Å². The van der Waals surface area contributed by atoms with Gasteiger partial charge in [0.25, 0.3) is 0 Å². The van der Waals surface area contributed by atoms with E-state index in [0.717, 1.165) is 49.9 Å². The van der Waals surface area contributed by atoms with Crippen molar-refractivity contribution < 1.29 is 4.74 Å². The highest BCUT2D eigenvalue weighted by molar-refractivity contribution is 7.19. The summed E-state index contributed by atoms with van der Waals surface area (Å²) < 4.78 is 5.60. The number of rotatable bonds is 5. The van der Waals surface area contributed by atoms with Crippen molar-refractivity contribution in [3.63, 3.8) is 0 Å². The molecule has 1 unspecified atom stereocenters. The Bertz CT molecular complexity index is 978. The third-order valence-corrected chi connectivity index (χ3v) is 7.36. The predicted molar refractivity (Wildman–Crippen MR) is 119 cm³/mol. The van der Waals surface area contributed by atoms with Crippen LogP contribution in [0.4, 0.5) is 5.82 Å². The Labute approximate surface area is 176 Å². The van der Waals surface area contributed by atoms with Gasteiger partial charge in [0.1, 0.15) is 17.0 Å². The van der Waals surface area contributed by atoms with Crippen molar-refractivity contribution in [2.75, 3.05) is 38.2 Å². The number of anilines is 1. The van der Waals surface area contributed by atoms with E-state index >= 15 is 0 Å². The number of aryl methyl sites for hydroxylation is 3. The van der Waals surface area contributed by atoms with Crippen LogP contribution in [0.5, 0.6) is 0 Å². The van der Waals surface area contributed by atoms with Gasteiger partial charge in [0, 0.05) is 24.5 Å². The van der Waals surface area contributed by atoms with Crippen LogP contribution in [0.3, 0.4) is 0 Å². The highest BCUT2D eigenvalue weighted by Gasteiger charge is 2.24. The number of thiophene rings is 1. The van der Waals surface area contributed by atoms with Gasteiger partial charge in [0.2, 0.25) is 0 Å². The largest absolute Gasteiger partial charge is 0.379 e. The molecule has 0 radical (unpaired) electrons. The second-order valence-corrected chi connectivity index (χ2v) is 9.15. The minimum Gasteiger partial charge on any atom is -0.379 e. The monoisotopic (exact) mass is 408 g/mol. The van der Waals surface area contributed by atoms with Crippen LogP contribution in [-0.2, 0) is 17.6 Å². The standard InChI is InChI=1S/C23H28N4OS/c1-16-6-8-17(9-7-16)19(27-10-12-28-13-11-27)14-24-22-21-18-4-2-3-5-20(18)29-23(21)26-15-25-22/h6-9,15,19H,2-5,10-14H2,1H3,(H,24,25,26). The lowest BCUT2D eigenvalue weighted by Gasteiger charge is -2.35. The SMILES string of the molecule is Cc1ccc(C(CNc2ncnc3sc4c(c23)CCCC4)N2CCOCC2)cc1. The maximum absolute atomic E-state index is 5.60. The minimum atomic E-state index is 0.305. The van der Waals surface area contributed by atoms with E-state index in [0.29, 0.717) is 6.04 Å². The second-order valence-electron chi connectivity index (χ2n) is 8.07. The first-order chi connectivity index (χ1) is 14.3. The van der Waals surface area contributed by atoms with E-state index in [1.807, 2.05) is 11.3 Å². The fraction of sp³-hybridized carbons (Fsp3) is 0.478. The lowest BCUT2D eigenvalue weighted by Crippen LogP contribution is -2.41. The van der Waals surface area contributed by atoms with Crippen LogP contribution in [0.1, 0.15) is 40.5 Å². The van der Waals surface area contributed by atoms with Gasteiger partial charge in [-0.05, 0) is 43.7 Å². The summed E-state index contributed by atoms with van der Waals surface area (Å²) in [5, 5.41) is 4.97. The summed E-state index contributed by atoms with van der Waals surface area (Å²) in [5.74, 6) is 1.000. The molecule has 1 fully saturated rings. The maximum Gasteiger partial charge on any atom is 0.138 e. The molecule has 1 aliphatic heterocycles. The van der Waals surface area contributed by atoms with E-state index in [4.69, 9.17) is 4.74 Å². The highest BCUT2D eigenvalue weighted by atomic mass is 32.1. The zero-order chi connectivity index (χ0) is 19.6. The van der Waals surface area contributed by atoms with E-state index in [1.165, 1.54) is 46.2 Å². The molecule has 5 rings (SSSR count). The van der Waals surface area contributed by atoms with Gasteiger partial charge in [0.05, 0.1) is 24.6 Å². The van der Waals surface area contributed by atoms with Crippen molar-refractivity contribution in [2.24, 2.45) is 0 Å². The number of fused-ring (bicyclic) bond motifs is 3. The second kappa shape index (κ2) is 8.38. The van der Waals surface area contributed by atoms with Gasteiger partial charge < -0.3 is 10.1 Å². The quantitative estimate of drug-likeness (QED) is 0.680. The molecule has 6 heteroatoms. The van der Waals surface area contributed by atoms with Crippen molar-refractivity contribution >= 4 is 27.4 Å². The van der Waals surface area contributed by atoms with Gasteiger partial charge in [0.15, 0.2) is 0 Å². The lowest BCUT2D eigenvalue weighted by atomic mass is 9.97. The Morgan fingerprint density at radius 2 is 1.90 bits per heavy atom. The molecule has 1 aliphatic carbocycles. The van der Waals surface area contributed by atoms with Crippen LogP contribution in [0.15, 0.2) is 30.6 Å². The van der Waals surface area contributed by atoms with Gasteiger partial charge in [-0.3, -0.25) is 4.90 Å². The Balaban J connectivity index is 1.44. The Morgan fingerprint density at radius 1 is 1.10 bits per heavy atom. The summed E-state index contributed by atoms with van der Waals surface area (Å²) in [6.07, 6.45) is 6.62. The first kappa shape index (κ1) is 19.0. The van der Waals surface area contributed by atoms with Crippen molar-refractivity contribution in [3.8, 4) is 0 Å². The van der Waals surface area contributed by atoms with E-state index in [-0.39, 0.29) is 0 Å². The molecule has 2 aliphatic rings. The third kappa shape index (κ3) is 3.89. The molecule has 29 heavy (non-hydrogen) atoms. The molecule has 0 spiro atoms. The zero-order valence-corrected chi connectivity index (χ0v) is 17.8. The number of nitrogens with one attached hydrogen (secondary N) is 1. The van der Waals surface area contributed by atoms with Crippen LogP contribution in [-0.4, -0.2) is 47.7 Å². The summed E-state index contributed by atoms with van der Waals surface area (Å²) in [6.45, 7) is 6.51. The van der Waals surface area contributed by atoms with Crippen LogP contribution in [0.2, 0.25) is 0 Å². The first-order valence-electron chi connectivity index (χ1n) is 10.7. The summed E-state index contributed by atoms with van der Waals surface area (Å²) in [6, 6.07) is 9.25. The minimum absolute atomic E-state index is 0.305. The molecule has 5 nitrogen and oxygen atoms in total. The van der Waals surface area contributed by atoms with Crippen molar-refractivity contribution in [2.45, 2.75) is 38.6 Å². The van der Waals surface area contributed by atoms with Crippen LogP contribution in [0, 0.1) is 6.92 Å². The first-order valence-corrected chi connectivity index (χ1v) is 11.5. The summed E-state index contributed by atoms with van der Waals surface area (Å²) in [5.41, 5.74) is 4.13. The smallest absolute Gasteiger partial charge is 0.138 e. The molecular formula is C23H28N4OS. The topological polar surface area (TPSA) is 50.3 Å². The molecule has 0 amide bonds. The fourth-order valence-corrected chi connectivity index (χ4v) is 5.78. The number of benzene rings is 1. The number of hydrogen-bond acceptors (Lipinski definition) is 6. The van der Waals surface area contributed by atoms with Gasteiger partial charge in [-0.1, -0.05) is 29.8 Å². The Morgan fingerprint density at radius 3 is 2.72 bits per heavy atom. The predicted octanol–water partition coefficient (Wildman–Crippen LogP) is 4.36. The van der Waals surface area contributed by atoms with Gasteiger partial charge in [-0.2, -0.15) is 0 Å². The average Bonchev–Trinajstić information content (AvgIpc) is 3.15. The van der Waals surface area contributed by atoms with Gasteiger partial charge in [-0.25, -0.2) is 9.97 Å². The summed E-state index contributed by atoms with van der Waals surface area (Å²) in [7, 11) is 0. The van der Waals surface area contributed by atoms with E-state index in [1.54, 1.807) is 6.33 Å². The van der Waals surface area contributed by atoms with Gasteiger partial charge in [-0.15, -0.1) is 11.3 Å². The van der Waals surface area contributed by atoms with Crippen molar-refractivity contribution in [1.29, 1.82) is 0 Å². The number of aromatic nitrogens is 2. The zero-order valence-electron chi connectivity index (χ0n) is 17.0. The number of ether oxygens (including phenoxy) is 1. The molecular weight excluding hydrogens is 380 g/mol. The van der Waals surface area contributed by atoms with Crippen molar-refractivity contribution in [3.05, 3.63) is 52.2 Å². The molecule has 3 heterocycles. The van der Waals surface area contributed by atoms with Crippen LogP contribution in [0.25, 0.3) is 10.2 Å². The Hall–Kier alpha value is -2.02. The molecule has 152 valence electrons. The molecule has 1 atom stereocenters. The normalized spacial score (nSPS) is 18.5. The summed E-state index contributed by atoms with van der Waals surface area (Å²) in [4.78, 5) is 14.4. The van der Waals surface area contributed by atoms with Crippen LogP contribution >= 0.6 is 11.3 Å². The van der Waals surface area contributed by atoms with Gasteiger partial charge >= 0.3 is 0 Å². The van der Waals surface area contributed by atoms with E-state index in [2.05, 4.69) is 51.4 Å². The lowest BCUT2D eigenvalue weighted by molar-refractivity contribution is 0.0187. The number of nitrogens with zero attached hydrogens (tertiary/aromatic N) is 3. The highest BCUT2D eigenvalue weighted by Crippen LogP contribution is 2.38. The molecule has 1 aromatic carbocycles. The number of hydrogen-bond donors (Lipinski definition) is 1. The maximum atomic E-state index is 5.60.